The number of carbonyl (C=O) groups is 1. The molecule has 0 saturated heterocycles. The second-order valence-corrected chi connectivity index (χ2v) is 5.70. The molecule has 1 atom stereocenters. The lowest BCUT2D eigenvalue weighted by Crippen LogP contribution is -2.48. The fraction of sp³-hybridized carbons (Fsp3) is 0.533. The Labute approximate surface area is 116 Å². The molecule has 0 saturated carbocycles. The van der Waals surface area contributed by atoms with Gasteiger partial charge in [-0.3, -0.25) is 4.79 Å². The van der Waals surface area contributed by atoms with Crippen molar-refractivity contribution in [2.75, 3.05) is 20.6 Å². The van der Waals surface area contributed by atoms with Crippen molar-refractivity contribution in [3.8, 4) is 0 Å². The zero-order chi connectivity index (χ0) is 14.5. The molecule has 0 aliphatic carbocycles. The van der Waals surface area contributed by atoms with Gasteiger partial charge in [-0.15, -0.1) is 0 Å². The molecule has 1 aromatic rings. The minimum Gasteiger partial charge on any atom is -0.354 e. The first-order valence-electron chi connectivity index (χ1n) is 6.57. The highest BCUT2D eigenvalue weighted by atomic mass is 16.1. The van der Waals surface area contributed by atoms with Gasteiger partial charge < -0.3 is 16.0 Å². The van der Waals surface area contributed by atoms with Crippen molar-refractivity contribution in [1.82, 2.24) is 10.2 Å². The zero-order valence-corrected chi connectivity index (χ0v) is 12.3. The van der Waals surface area contributed by atoms with Gasteiger partial charge in [0, 0.05) is 24.5 Å². The molecule has 0 bridgehead atoms. The monoisotopic (exact) mass is 263 g/mol. The molecule has 4 nitrogen and oxygen atoms in total. The molecule has 19 heavy (non-hydrogen) atoms. The number of benzene rings is 1. The molecule has 1 amide bonds. The van der Waals surface area contributed by atoms with Crippen LogP contribution in [0.5, 0.6) is 0 Å². The van der Waals surface area contributed by atoms with E-state index in [1.165, 1.54) is 0 Å². The molecule has 3 N–H and O–H groups in total. The van der Waals surface area contributed by atoms with E-state index in [0.717, 1.165) is 5.56 Å². The van der Waals surface area contributed by atoms with E-state index >= 15 is 0 Å². The Bertz CT molecular complexity index is 401. The predicted octanol–water partition coefficient (Wildman–Crippen LogP) is 1.53. The fourth-order valence-corrected chi connectivity index (χ4v) is 1.56. The highest BCUT2D eigenvalue weighted by molar-refractivity contribution is 5.76. The van der Waals surface area contributed by atoms with E-state index in [4.69, 9.17) is 5.73 Å². The Morgan fingerprint density at radius 3 is 2.42 bits per heavy atom. The summed E-state index contributed by atoms with van der Waals surface area (Å²) >= 11 is 0. The van der Waals surface area contributed by atoms with Crippen LogP contribution < -0.4 is 11.1 Å². The standard InChI is InChI=1S/C15H25N3O/c1-15(2,18(3)4)11-17-14(19)10-13(16)12-8-6-5-7-9-12/h5-9,13H,10-11,16H2,1-4H3,(H,17,19). The molecule has 106 valence electrons. The summed E-state index contributed by atoms with van der Waals surface area (Å²) in [6.07, 6.45) is 0.313. The second kappa shape index (κ2) is 6.68. The third kappa shape index (κ3) is 5.01. The van der Waals surface area contributed by atoms with Gasteiger partial charge in [-0.2, -0.15) is 0 Å². The topological polar surface area (TPSA) is 58.4 Å². The lowest BCUT2D eigenvalue weighted by Gasteiger charge is -2.32. The molecule has 1 unspecified atom stereocenters. The number of carbonyl (C=O) groups excluding carboxylic acids is 1. The number of nitrogens with one attached hydrogen (secondary N) is 1. The van der Waals surface area contributed by atoms with E-state index in [9.17, 15) is 4.79 Å². The first-order valence-corrected chi connectivity index (χ1v) is 6.57. The van der Waals surface area contributed by atoms with Crippen LogP contribution in [0.2, 0.25) is 0 Å². The summed E-state index contributed by atoms with van der Waals surface area (Å²) in [5.74, 6) is -0.00808. The lowest BCUT2D eigenvalue weighted by atomic mass is 10.0. The lowest BCUT2D eigenvalue weighted by molar-refractivity contribution is -0.121. The first-order chi connectivity index (χ1) is 8.83. The van der Waals surface area contributed by atoms with Crippen molar-refractivity contribution in [2.24, 2.45) is 5.73 Å². The van der Waals surface area contributed by atoms with Gasteiger partial charge in [0.25, 0.3) is 0 Å². The van der Waals surface area contributed by atoms with E-state index in [1.54, 1.807) is 0 Å². The Kier molecular flexibility index (Phi) is 5.51. The van der Waals surface area contributed by atoms with E-state index in [2.05, 4.69) is 24.1 Å². The number of hydrogen-bond donors (Lipinski definition) is 2. The predicted molar refractivity (Wildman–Crippen MR) is 78.8 cm³/mol. The number of hydrogen-bond acceptors (Lipinski definition) is 3. The van der Waals surface area contributed by atoms with Gasteiger partial charge in [-0.25, -0.2) is 0 Å². The van der Waals surface area contributed by atoms with Gasteiger partial charge in [0.05, 0.1) is 0 Å². The summed E-state index contributed by atoms with van der Waals surface area (Å²) in [5.41, 5.74) is 6.95. The van der Waals surface area contributed by atoms with Crippen LogP contribution in [0.4, 0.5) is 0 Å². The maximum absolute atomic E-state index is 11.9. The van der Waals surface area contributed by atoms with E-state index in [0.29, 0.717) is 13.0 Å². The fourth-order valence-electron chi connectivity index (χ4n) is 1.56. The maximum Gasteiger partial charge on any atom is 0.221 e. The van der Waals surface area contributed by atoms with Crippen LogP contribution in [0.1, 0.15) is 31.9 Å². The molecule has 1 aromatic carbocycles. The van der Waals surface area contributed by atoms with Gasteiger partial charge in [0.2, 0.25) is 5.91 Å². The average Bonchev–Trinajstić information content (AvgIpc) is 2.37. The maximum atomic E-state index is 11.9. The minimum atomic E-state index is -0.247. The van der Waals surface area contributed by atoms with Crippen LogP contribution in [0, 0.1) is 0 Å². The smallest absolute Gasteiger partial charge is 0.221 e. The van der Waals surface area contributed by atoms with E-state index in [1.807, 2.05) is 44.4 Å². The first kappa shape index (κ1) is 15.7. The molecule has 0 spiro atoms. The Morgan fingerprint density at radius 2 is 1.89 bits per heavy atom. The molecular weight excluding hydrogens is 238 g/mol. The van der Waals surface area contributed by atoms with Crippen LogP contribution in [0.25, 0.3) is 0 Å². The van der Waals surface area contributed by atoms with Crippen molar-refractivity contribution in [2.45, 2.75) is 31.8 Å². The van der Waals surface area contributed by atoms with E-state index < -0.39 is 0 Å². The van der Waals surface area contributed by atoms with Crippen molar-refractivity contribution >= 4 is 5.91 Å². The zero-order valence-electron chi connectivity index (χ0n) is 12.3. The van der Waals surface area contributed by atoms with Crippen molar-refractivity contribution in [3.05, 3.63) is 35.9 Å². The molecule has 0 aliphatic heterocycles. The highest BCUT2D eigenvalue weighted by Crippen LogP contribution is 2.13. The van der Waals surface area contributed by atoms with Gasteiger partial charge in [-0.05, 0) is 33.5 Å². The van der Waals surface area contributed by atoms with Crippen molar-refractivity contribution < 1.29 is 4.79 Å². The molecule has 0 radical (unpaired) electrons. The van der Waals surface area contributed by atoms with Gasteiger partial charge in [0.15, 0.2) is 0 Å². The molecule has 1 rings (SSSR count). The second-order valence-electron chi connectivity index (χ2n) is 5.70. The third-order valence-corrected chi connectivity index (χ3v) is 3.56. The van der Waals surface area contributed by atoms with Crippen LogP contribution >= 0.6 is 0 Å². The Morgan fingerprint density at radius 1 is 1.32 bits per heavy atom. The van der Waals surface area contributed by atoms with Crippen molar-refractivity contribution in [1.29, 1.82) is 0 Å². The van der Waals surface area contributed by atoms with Gasteiger partial charge in [0.1, 0.15) is 0 Å². The van der Waals surface area contributed by atoms with Crippen LogP contribution in [0.15, 0.2) is 30.3 Å². The molecule has 4 heteroatoms. The summed E-state index contributed by atoms with van der Waals surface area (Å²) in [6, 6.07) is 9.45. The summed E-state index contributed by atoms with van der Waals surface area (Å²) in [5, 5.41) is 2.94. The van der Waals surface area contributed by atoms with Crippen LogP contribution in [0.3, 0.4) is 0 Å². The Balaban J connectivity index is 2.44. The highest BCUT2D eigenvalue weighted by Gasteiger charge is 2.21. The minimum absolute atomic E-state index is 0.00808. The van der Waals surface area contributed by atoms with Crippen LogP contribution in [-0.2, 0) is 4.79 Å². The molecule has 0 aromatic heterocycles. The summed E-state index contributed by atoms with van der Waals surface area (Å²) in [6.45, 7) is 4.79. The largest absolute Gasteiger partial charge is 0.354 e. The summed E-state index contributed by atoms with van der Waals surface area (Å²) in [4.78, 5) is 14.0. The number of rotatable bonds is 6. The summed E-state index contributed by atoms with van der Waals surface area (Å²) < 4.78 is 0. The average molecular weight is 263 g/mol. The van der Waals surface area contributed by atoms with Gasteiger partial charge >= 0.3 is 0 Å². The third-order valence-electron chi connectivity index (χ3n) is 3.56. The van der Waals surface area contributed by atoms with Crippen molar-refractivity contribution in [3.63, 3.8) is 0 Å². The Hall–Kier alpha value is -1.39. The van der Waals surface area contributed by atoms with E-state index in [-0.39, 0.29) is 17.5 Å². The normalized spacial score (nSPS) is 13.4. The quantitative estimate of drug-likeness (QED) is 0.818. The number of nitrogens with two attached hydrogens (primary N) is 1. The molecule has 0 heterocycles. The molecule has 0 fully saturated rings. The van der Waals surface area contributed by atoms with Crippen LogP contribution in [-0.4, -0.2) is 37.0 Å². The number of amides is 1. The van der Waals surface area contributed by atoms with Gasteiger partial charge in [-0.1, -0.05) is 30.3 Å². The molecule has 0 aliphatic rings. The molecular formula is C15H25N3O. The number of likely N-dealkylation sites (N-methyl/N-ethyl adjacent to an activating group) is 1. The SMILES string of the molecule is CN(C)C(C)(C)CNC(=O)CC(N)c1ccccc1. The number of nitrogens with zero attached hydrogens (tertiary/aromatic N) is 1. The summed E-state index contributed by atoms with van der Waals surface area (Å²) in [7, 11) is 4.00.